The fourth-order valence-corrected chi connectivity index (χ4v) is 3.32. The summed E-state index contributed by atoms with van der Waals surface area (Å²) in [5, 5.41) is 10.7. The highest BCUT2D eigenvalue weighted by molar-refractivity contribution is 8.02. The van der Waals surface area contributed by atoms with Crippen molar-refractivity contribution >= 4 is 29.1 Å². The van der Waals surface area contributed by atoms with Crippen molar-refractivity contribution in [3.63, 3.8) is 0 Å². The van der Waals surface area contributed by atoms with Gasteiger partial charge in [-0.2, -0.15) is 0 Å². The maximum absolute atomic E-state index is 10.9. The van der Waals surface area contributed by atoms with Crippen LogP contribution >= 0.6 is 23.1 Å². The molecule has 1 aromatic heterocycles. The van der Waals surface area contributed by atoms with E-state index in [1.807, 2.05) is 17.5 Å². The van der Waals surface area contributed by atoms with E-state index < -0.39 is 5.97 Å². The van der Waals surface area contributed by atoms with Crippen LogP contribution in [-0.4, -0.2) is 16.3 Å². The van der Waals surface area contributed by atoms with E-state index in [-0.39, 0.29) is 5.25 Å². The molecule has 2 rings (SSSR count). The lowest BCUT2D eigenvalue weighted by Crippen LogP contribution is -2.17. The molecule has 0 saturated heterocycles. The van der Waals surface area contributed by atoms with Crippen molar-refractivity contribution in [3.05, 3.63) is 17.5 Å². The first kappa shape index (κ1) is 9.09. The van der Waals surface area contributed by atoms with Gasteiger partial charge < -0.3 is 5.11 Å². The molecule has 1 saturated carbocycles. The Kier molecular flexibility index (Phi) is 2.60. The molecule has 1 atom stereocenters. The first-order valence-electron chi connectivity index (χ1n) is 4.20. The SMILES string of the molecule is O=C(O)C(Sc1cccs1)C1CC1. The lowest BCUT2D eigenvalue weighted by Gasteiger charge is -2.07. The molecule has 13 heavy (non-hydrogen) atoms. The lowest BCUT2D eigenvalue weighted by molar-refractivity contribution is -0.136. The number of thioether (sulfide) groups is 1. The van der Waals surface area contributed by atoms with Crippen molar-refractivity contribution in [1.82, 2.24) is 0 Å². The molecular weight excluding hydrogens is 204 g/mol. The lowest BCUT2D eigenvalue weighted by atomic mass is 10.3. The van der Waals surface area contributed by atoms with Crippen molar-refractivity contribution in [2.45, 2.75) is 22.3 Å². The van der Waals surface area contributed by atoms with Crippen molar-refractivity contribution in [3.8, 4) is 0 Å². The third-order valence-electron chi connectivity index (χ3n) is 2.03. The zero-order chi connectivity index (χ0) is 9.26. The van der Waals surface area contributed by atoms with Crippen LogP contribution in [0.5, 0.6) is 0 Å². The largest absolute Gasteiger partial charge is 0.480 e. The van der Waals surface area contributed by atoms with Crippen LogP contribution in [0, 0.1) is 5.92 Å². The van der Waals surface area contributed by atoms with Crippen LogP contribution in [0.15, 0.2) is 21.7 Å². The molecular formula is C9H10O2S2. The van der Waals surface area contributed by atoms with Gasteiger partial charge in [-0.15, -0.1) is 11.3 Å². The minimum atomic E-state index is -0.666. The highest BCUT2D eigenvalue weighted by Gasteiger charge is 2.37. The van der Waals surface area contributed by atoms with Gasteiger partial charge >= 0.3 is 5.97 Å². The summed E-state index contributed by atoms with van der Waals surface area (Å²) in [6.45, 7) is 0. The van der Waals surface area contributed by atoms with E-state index >= 15 is 0 Å². The van der Waals surface area contributed by atoms with Gasteiger partial charge in [0.15, 0.2) is 0 Å². The van der Waals surface area contributed by atoms with E-state index in [0.29, 0.717) is 5.92 Å². The normalized spacial score (nSPS) is 18.5. The van der Waals surface area contributed by atoms with E-state index in [9.17, 15) is 4.79 Å². The predicted molar refractivity (Wildman–Crippen MR) is 54.3 cm³/mol. The molecule has 1 aliphatic rings. The number of hydrogen-bond donors (Lipinski definition) is 1. The molecule has 4 heteroatoms. The number of carbonyl (C=O) groups is 1. The molecule has 2 nitrogen and oxygen atoms in total. The summed E-state index contributed by atoms with van der Waals surface area (Å²) in [6, 6.07) is 3.94. The Labute approximate surface area is 85.0 Å². The van der Waals surface area contributed by atoms with Gasteiger partial charge in [-0.05, 0) is 30.2 Å². The summed E-state index contributed by atoms with van der Waals surface area (Å²) in [5.74, 6) is -0.259. The van der Waals surface area contributed by atoms with E-state index in [2.05, 4.69) is 0 Å². The Balaban J connectivity index is 2.01. The van der Waals surface area contributed by atoms with Crippen LogP contribution < -0.4 is 0 Å². The van der Waals surface area contributed by atoms with Gasteiger partial charge in [0.1, 0.15) is 5.25 Å². The van der Waals surface area contributed by atoms with Crippen LogP contribution in [0.1, 0.15) is 12.8 Å². The van der Waals surface area contributed by atoms with Gasteiger partial charge in [-0.3, -0.25) is 4.79 Å². The van der Waals surface area contributed by atoms with Gasteiger partial charge in [0.05, 0.1) is 4.21 Å². The highest BCUT2D eigenvalue weighted by Crippen LogP contribution is 2.42. The molecule has 0 spiro atoms. The number of hydrogen-bond acceptors (Lipinski definition) is 3. The van der Waals surface area contributed by atoms with Gasteiger partial charge in [0, 0.05) is 0 Å². The maximum atomic E-state index is 10.9. The Morgan fingerprint density at radius 3 is 2.92 bits per heavy atom. The first-order valence-corrected chi connectivity index (χ1v) is 5.96. The fourth-order valence-electron chi connectivity index (χ4n) is 1.20. The summed E-state index contributed by atoms with van der Waals surface area (Å²) in [6.07, 6.45) is 2.16. The van der Waals surface area contributed by atoms with E-state index in [0.717, 1.165) is 17.1 Å². The molecule has 0 radical (unpaired) electrons. The fraction of sp³-hybridized carbons (Fsp3) is 0.444. The molecule has 1 aliphatic carbocycles. The average Bonchev–Trinajstić information content (AvgIpc) is 2.79. The van der Waals surface area contributed by atoms with Crippen LogP contribution in [0.25, 0.3) is 0 Å². The topological polar surface area (TPSA) is 37.3 Å². The average molecular weight is 214 g/mol. The van der Waals surface area contributed by atoms with E-state index in [1.165, 1.54) is 11.8 Å². The second-order valence-electron chi connectivity index (χ2n) is 3.15. The van der Waals surface area contributed by atoms with Crippen molar-refractivity contribution in [2.75, 3.05) is 0 Å². The van der Waals surface area contributed by atoms with Crippen LogP contribution in [-0.2, 0) is 4.79 Å². The molecule has 0 aliphatic heterocycles. The standard InChI is InChI=1S/C9H10O2S2/c10-9(11)8(6-3-4-6)13-7-2-1-5-12-7/h1-2,5-6,8H,3-4H2,(H,10,11). The van der Waals surface area contributed by atoms with Crippen molar-refractivity contribution in [2.24, 2.45) is 5.92 Å². The maximum Gasteiger partial charge on any atom is 0.317 e. The zero-order valence-electron chi connectivity index (χ0n) is 6.97. The Hall–Kier alpha value is -0.480. The highest BCUT2D eigenvalue weighted by atomic mass is 32.2. The zero-order valence-corrected chi connectivity index (χ0v) is 8.61. The molecule has 70 valence electrons. The van der Waals surface area contributed by atoms with Gasteiger partial charge in [0.25, 0.3) is 0 Å². The Morgan fingerprint density at radius 2 is 2.46 bits per heavy atom. The Morgan fingerprint density at radius 1 is 1.69 bits per heavy atom. The second kappa shape index (κ2) is 3.72. The number of thiophene rings is 1. The molecule has 1 N–H and O–H groups in total. The quantitative estimate of drug-likeness (QED) is 0.783. The molecule has 0 bridgehead atoms. The summed E-state index contributed by atoms with van der Waals surface area (Å²) in [4.78, 5) is 10.9. The molecule has 1 unspecified atom stereocenters. The van der Waals surface area contributed by atoms with Crippen LogP contribution in [0.4, 0.5) is 0 Å². The van der Waals surface area contributed by atoms with Crippen LogP contribution in [0.3, 0.4) is 0 Å². The van der Waals surface area contributed by atoms with E-state index in [1.54, 1.807) is 11.3 Å². The smallest absolute Gasteiger partial charge is 0.317 e. The monoisotopic (exact) mass is 214 g/mol. The van der Waals surface area contributed by atoms with Gasteiger partial charge in [-0.25, -0.2) is 0 Å². The first-order chi connectivity index (χ1) is 6.27. The molecule has 1 aromatic rings. The van der Waals surface area contributed by atoms with Crippen molar-refractivity contribution < 1.29 is 9.90 Å². The molecule has 0 amide bonds. The molecule has 1 fully saturated rings. The summed E-state index contributed by atoms with van der Waals surface area (Å²) < 4.78 is 1.11. The Bertz CT molecular complexity index is 291. The number of aliphatic carboxylic acids is 1. The predicted octanol–water partition coefficient (Wildman–Crippen LogP) is 2.70. The van der Waals surface area contributed by atoms with Crippen LogP contribution in [0.2, 0.25) is 0 Å². The van der Waals surface area contributed by atoms with Gasteiger partial charge in [-0.1, -0.05) is 17.8 Å². The number of carboxylic acids is 1. The summed E-state index contributed by atoms with van der Waals surface area (Å²) in [7, 11) is 0. The number of carboxylic acid groups (broad SMARTS) is 1. The van der Waals surface area contributed by atoms with Crippen molar-refractivity contribution in [1.29, 1.82) is 0 Å². The number of rotatable bonds is 4. The minimum Gasteiger partial charge on any atom is -0.480 e. The molecule has 1 heterocycles. The molecule has 0 aromatic carbocycles. The third kappa shape index (κ3) is 2.25. The summed E-state index contributed by atoms with van der Waals surface area (Å²) >= 11 is 3.11. The van der Waals surface area contributed by atoms with Gasteiger partial charge in [0.2, 0.25) is 0 Å². The van der Waals surface area contributed by atoms with E-state index in [4.69, 9.17) is 5.11 Å². The third-order valence-corrected chi connectivity index (χ3v) is 4.48. The summed E-state index contributed by atoms with van der Waals surface area (Å²) in [5.41, 5.74) is 0. The minimum absolute atomic E-state index is 0.223. The second-order valence-corrected chi connectivity index (χ2v) is 5.54.